The standard InChI is InChI=1S/C24H32O3/c1-23-13-11-21-18(7-6-17-4-2-3-12-24(17,21)15-25)20(23)9-8-19(23)16-5-10-22(26)27-14-16/h5,10,14-15,17-21H,2-4,6-9,11-13H2,1H3/t17?,18-,19+,20+,21-,23+,24+/m0/s1. The first-order chi connectivity index (χ1) is 13.1. The van der Waals surface area contributed by atoms with Gasteiger partial charge in [-0.3, -0.25) is 0 Å². The molecule has 0 saturated heterocycles. The van der Waals surface area contributed by atoms with E-state index in [0.29, 0.717) is 29.6 Å². The first kappa shape index (κ1) is 17.7. The molecule has 0 aromatic carbocycles. The van der Waals surface area contributed by atoms with Gasteiger partial charge in [0.25, 0.3) is 0 Å². The highest BCUT2D eigenvalue weighted by Crippen LogP contribution is 2.68. The van der Waals surface area contributed by atoms with Crippen molar-refractivity contribution in [2.75, 3.05) is 0 Å². The number of rotatable bonds is 2. The molecule has 1 aromatic heterocycles. The maximum absolute atomic E-state index is 12.4. The Morgan fingerprint density at radius 1 is 1.00 bits per heavy atom. The Balaban J connectivity index is 1.47. The van der Waals surface area contributed by atoms with Crippen molar-refractivity contribution in [3.8, 4) is 0 Å². The molecule has 0 spiro atoms. The number of carbonyl (C=O) groups excluding carboxylic acids is 1. The summed E-state index contributed by atoms with van der Waals surface area (Å²) in [4.78, 5) is 23.8. The van der Waals surface area contributed by atoms with Crippen LogP contribution in [0.5, 0.6) is 0 Å². The van der Waals surface area contributed by atoms with Gasteiger partial charge in [0, 0.05) is 11.5 Å². The third-order valence-corrected chi connectivity index (χ3v) is 9.49. The Kier molecular flexibility index (Phi) is 4.14. The summed E-state index contributed by atoms with van der Waals surface area (Å²) in [6, 6.07) is 3.56. The van der Waals surface area contributed by atoms with Crippen molar-refractivity contribution in [1.82, 2.24) is 0 Å². The molecule has 4 aliphatic carbocycles. The lowest BCUT2D eigenvalue weighted by Gasteiger charge is -2.59. The summed E-state index contributed by atoms with van der Waals surface area (Å²) < 4.78 is 5.20. The minimum Gasteiger partial charge on any atom is -0.431 e. The van der Waals surface area contributed by atoms with Crippen molar-refractivity contribution in [3.63, 3.8) is 0 Å². The van der Waals surface area contributed by atoms with Crippen LogP contribution in [0.25, 0.3) is 0 Å². The van der Waals surface area contributed by atoms with Crippen molar-refractivity contribution in [2.24, 2.45) is 34.5 Å². The molecule has 3 heteroatoms. The maximum Gasteiger partial charge on any atom is 0.335 e. The van der Waals surface area contributed by atoms with Crippen molar-refractivity contribution in [1.29, 1.82) is 0 Å². The third-order valence-electron chi connectivity index (χ3n) is 9.49. The van der Waals surface area contributed by atoms with Gasteiger partial charge in [-0.05, 0) is 98.0 Å². The summed E-state index contributed by atoms with van der Waals surface area (Å²) in [5.74, 6) is 3.18. The molecule has 7 atom stereocenters. The fourth-order valence-corrected chi connectivity index (χ4v) is 8.30. The minimum absolute atomic E-state index is 0.0138. The molecule has 0 bridgehead atoms. The molecular weight excluding hydrogens is 336 g/mol. The molecule has 0 N–H and O–H groups in total. The number of hydrogen-bond acceptors (Lipinski definition) is 3. The fourth-order valence-electron chi connectivity index (χ4n) is 8.30. The van der Waals surface area contributed by atoms with Gasteiger partial charge in [-0.25, -0.2) is 4.79 Å². The second-order valence-electron chi connectivity index (χ2n) is 10.2. The monoisotopic (exact) mass is 368 g/mol. The zero-order chi connectivity index (χ0) is 18.6. The predicted octanol–water partition coefficient (Wildman–Crippen LogP) is 5.34. The third kappa shape index (κ3) is 2.46. The van der Waals surface area contributed by atoms with E-state index in [1.54, 1.807) is 12.3 Å². The van der Waals surface area contributed by atoms with Gasteiger partial charge in [0.05, 0.1) is 6.26 Å². The van der Waals surface area contributed by atoms with E-state index in [9.17, 15) is 9.59 Å². The van der Waals surface area contributed by atoms with E-state index in [4.69, 9.17) is 4.42 Å². The average molecular weight is 369 g/mol. The highest BCUT2D eigenvalue weighted by Gasteiger charge is 2.61. The molecule has 4 saturated carbocycles. The molecule has 1 heterocycles. The molecule has 0 amide bonds. The Morgan fingerprint density at radius 2 is 1.89 bits per heavy atom. The molecule has 1 unspecified atom stereocenters. The highest BCUT2D eigenvalue weighted by atomic mass is 16.4. The van der Waals surface area contributed by atoms with Gasteiger partial charge in [-0.1, -0.05) is 19.8 Å². The molecule has 1 aromatic rings. The molecular formula is C24H32O3. The topological polar surface area (TPSA) is 47.3 Å². The first-order valence-corrected chi connectivity index (χ1v) is 11.1. The van der Waals surface area contributed by atoms with Crippen LogP contribution in [0.3, 0.4) is 0 Å². The van der Waals surface area contributed by atoms with Crippen LogP contribution >= 0.6 is 0 Å². The zero-order valence-corrected chi connectivity index (χ0v) is 16.5. The Hall–Kier alpha value is -1.38. The molecule has 3 nitrogen and oxygen atoms in total. The number of carbonyl (C=O) groups is 1. The van der Waals surface area contributed by atoms with Crippen LogP contribution in [0.1, 0.15) is 82.6 Å². The van der Waals surface area contributed by atoms with Crippen molar-refractivity contribution >= 4 is 6.29 Å². The molecule has 146 valence electrons. The van der Waals surface area contributed by atoms with Gasteiger partial charge in [0.1, 0.15) is 6.29 Å². The maximum atomic E-state index is 12.4. The number of aldehydes is 1. The van der Waals surface area contributed by atoms with Crippen LogP contribution in [-0.4, -0.2) is 6.29 Å². The number of fused-ring (bicyclic) bond motifs is 5. The second-order valence-corrected chi connectivity index (χ2v) is 10.2. The van der Waals surface area contributed by atoms with Crippen LogP contribution < -0.4 is 5.63 Å². The Morgan fingerprint density at radius 3 is 2.67 bits per heavy atom. The predicted molar refractivity (Wildman–Crippen MR) is 104 cm³/mol. The smallest absolute Gasteiger partial charge is 0.335 e. The first-order valence-electron chi connectivity index (χ1n) is 11.1. The van der Waals surface area contributed by atoms with E-state index in [-0.39, 0.29) is 16.5 Å². The van der Waals surface area contributed by atoms with E-state index in [1.165, 1.54) is 69.6 Å². The van der Waals surface area contributed by atoms with Gasteiger partial charge >= 0.3 is 5.63 Å². The lowest BCUT2D eigenvalue weighted by molar-refractivity contribution is -0.145. The normalized spacial score (nSPS) is 46.2. The van der Waals surface area contributed by atoms with Gasteiger partial charge < -0.3 is 9.21 Å². The second kappa shape index (κ2) is 6.32. The average Bonchev–Trinajstić information content (AvgIpc) is 3.05. The van der Waals surface area contributed by atoms with E-state index in [1.807, 2.05) is 6.07 Å². The van der Waals surface area contributed by atoms with E-state index in [2.05, 4.69) is 6.92 Å². The Labute approximate surface area is 161 Å². The zero-order valence-electron chi connectivity index (χ0n) is 16.5. The summed E-state index contributed by atoms with van der Waals surface area (Å²) in [5, 5.41) is 0. The SMILES string of the molecule is C[C@]12CC[C@H]3[C@@H](CCC4CCCC[C@@]43C=O)[C@H]1CC[C@@H]2c1ccc(=O)oc1. The van der Waals surface area contributed by atoms with E-state index < -0.39 is 0 Å². The van der Waals surface area contributed by atoms with Crippen LogP contribution in [0.4, 0.5) is 0 Å². The summed E-state index contributed by atoms with van der Waals surface area (Å²) >= 11 is 0. The summed E-state index contributed by atoms with van der Waals surface area (Å²) in [6.07, 6.45) is 15.5. The fraction of sp³-hybridized carbons (Fsp3) is 0.750. The van der Waals surface area contributed by atoms with Crippen molar-refractivity contribution in [3.05, 3.63) is 34.4 Å². The van der Waals surface area contributed by atoms with Gasteiger partial charge in [-0.15, -0.1) is 0 Å². The Bertz CT molecular complexity index is 762. The van der Waals surface area contributed by atoms with Crippen LogP contribution in [0, 0.1) is 34.5 Å². The van der Waals surface area contributed by atoms with Crippen molar-refractivity contribution < 1.29 is 9.21 Å². The minimum atomic E-state index is -0.259. The van der Waals surface area contributed by atoms with E-state index >= 15 is 0 Å². The number of hydrogen-bond donors (Lipinski definition) is 0. The molecule has 0 aliphatic heterocycles. The largest absolute Gasteiger partial charge is 0.431 e. The van der Waals surface area contributed by atoms with Crippen LogP contribution in [0.15, 0.2) is 27.6 Å². The molecule has 27 heavy (non-hydrogen) atoms. The van der Waals surface area contributed by atoms with E-state index in [0.717, 1.165) is 6.42 Å². The molecule has 4 aliphatic rings. The summed E-state index contributed by atoms with van der Waals surface area (Å²) in [6.45, 7) is 2.48. The lowest BCUT2D eigenvalue weighted by Crippen LogP contribution is -2.54. The molecule has 5 rings (SSSR count). The van der Waals surface area contributed by atoms with Gasteiger partial charge in [0.15, 0.2) is 0 Å². The molecule has 4 fully saturated rings. The van der Waals surface area contributed by atoms with Crippen molar-refractivity contribution in [2.45, 2.75) is 77.0 Å². The van der Waals surface area contributed by atoms with Gasteiger partial charge in [-0.2, -0.15) is 0 Å². The highest BCUT2D eigenvalue weighted by molar-refractivity contribution is 5.61. The molecule has 0 radical (unpaired) electrons. The van der Waals surface area contributed by atoms with Crippen LogP contribution in [0.2, 0.25) is 0 Å². The summed E-state index contributed by atoms with van der Waals surface area (Å²) in [5.41, 5.74) is 1.22. The quantitative estimate of drug-likeness (QED) is 0.662. The summed E-state index contributed by atoms with van der Waals surface area (Å²) in [7, 11) is 0. The lowest BCUT2D eigenvalue weighted by atomic mass is 9.44. The van der Waals surface area contributed by atoms with Crippen LogP contribution in [-0.2, 0) is 4.79 Å². The van der Waals surface area contributed by atoms with Gasteiger partial charge in [0.2, 0.25) is 0 Å².